The SMILES string of the molecule is Cc1c(CC(N)C2CCS(=O)(=O)C2)cccc1[N+](=O)[O-]. The molecule has 2 unspecified atom stereocenters. The van der Waals surface area contributed by atoms with E-state index in [0.29, 0.717) is 18.4 Å². The maximum atomic E-state index is 11.5. The maximum Gasteiger partial charge on any atom is 0.272 e. The average molecular weight is 298 g/mol. The average Bonchev–Trinajstić information content (AvgIpc) is 2.72. The van der Waals surface area contributed by atoms with Gasteiger partial charge in [0.2, 0.25) is 0 Å². The first-order valence-corrected chi connectivity index (χ1v) is 8.31. The van der Waals surface area contributed by atoms with Gasteiger partial charge in [-0.05, 0) is 31.2 Å². The van der Waals surface area contributed by atoms with Crippen molar-refractivity contribution in [2.75, 3.05) is 11.5 Å². The summed E-state index contributed by atoms with van der Waals surface area (Å²) in [6.45, 7) is 1.70. The van der Waals surface area contributed by atoms with Crippen molar-refractivity contribution in [2.24, 2.45) is 11.7 Å². The number of nitrogens with two attached hydrogens (primary N) is 1. The lowest BCUT2D eigenvalue weighted by atomic mass is 9.91. The highest BCUT2D eigenvalue weighted by atomic mass is 32.2. The van der Waals surface area contributed by atoms with E-state index in [2.05, 4.69) is 0 Å². The van der Waals surface area contributed by atoms with E-state index in [4.69, 9.17) is 5.73 Å². The first-order valence-electron chi connectivity index (χ1n) is 6.49. The van der Waals surface area contributed by atoms with Gasteiger partial charge in [0.1, 0.15) is 0 Å². The largest absolute Gasteiger partial charge is 0.327 e. The van der Waals surface area contributed by atoms with Gasteiger partial charge in [0.15, 0.2) is 9.84 Å². The highest BCUT2D eigenvalue weighted by molar-refractivity contribution is 7.91. The molecule has 110 valence electrons. The molecule has 1 aromatic carbocycles. The molecule has 20 heavy (non-hydrogen) atoms. The van der Waals surface area contributed by atoms with E-state index in [1.165, 1.54) is 6.07 Å². The van der Waals surface area contributed by atoms with Crippen LogP contribution in [0, 0.1) is 23.0 Å². The molecule has 1 fully saturated rings. The number of sulfone groups is 1. The molecule has 0 amide bonds. The van der Waals surface area contributed by atoms with Crippen molar-refractivity contribution in [2.45, 2.75) is 25.8 Å². The Morgan fingerprint density at radius 2 is 2.20 bits per heavy atom. The maximum absolute atomic E-state index is 11.5. The minimum absolute atomic E-state index is 0.0568. The third-order valence-corrected chi connectivity index (χ3v) is 5.74. The molecule has 0 aromatic heterocycles. The number of nitrogens with zero attached hydrogens (tertiary/aromatic N) is 1. The molecular weight excluding hydrogens is 280 g/mol. The Bertz CT molecular complexity index is 627. The van der Waals surface area contributed by atoms with Gasteiger partial charge >= 0.3 is 0 Å². The van der Waals surface area contributed by atoms with Crippen molar-refractivity contribution in [1.29, 1.82) is 0 Å². The predicted octanol–water partition coefficient (Wildman–Crippen LogP) is 1.21. The van der Waals surface area contributed by atoms with Gasteiger partial charge < -0.3 is 5.73 Å². The molecular formula is C13H18N2O4S. The lowest BCUT2D eigenvalue weighted by molar-refractivity contribution is -0.385. The third kappa shape index (κ3) is 3.16. The molecule has 1 aromatic rings. The molecule has 1 aliphatic heterocycles. The van der Waals surface area contributed by atoms with Crippen LogP contribution in [0.3, 0.4) is 0 Å². The molecule has 2 atom stereocenters. The number of rotatable bonds is 4. The second kappa shape index (κ2) is 5.49. The zero-order valence-corrected chi connectivity index (χ0v) is 12.1. The second-order valence-electron chi connectivity index (χ2n) is 5.35. The molecule has 0 spiro atoms. The van der Waals surface area contributed by atoms with E-state index in [1.807, 2.05) is 6.07 Å². The summed E-state index contributed by atoms with van der Waals surface area (Å²) in [7, 11) is -2.95. The van der Waals surface area contributed by atoms with E-state index in [-0.39, 0.29) is 29.2 Å². The zero-order valence-electron chi connectivity index (χ0n) is 11.3. The van der Waals surface area contributed by atoms with Gasteiger partial charge in [-0.15, -0.1) is 0 Å². The van der Waals surface area contributed by atoms with E-state index in [1.54, 1.807) is 13.0 Å². The van der Waals surface area contributed by atoms with Gasteiger partial charge in [0.05, 0.1) is 16.4 Å². The monoisotopic (exact) mass is 298 g/mol. The van der Waals surface area contributed by atoms with Gasteiger partial charge in [-0.2, -0.15) is 0 Å². The van der Waals surface area contributed by atoms with Crippen LogP contribution in [0.15, 0.2) is 18.2 Å². The number of hydrogen-bond donors (Lipinski definition) is 1. The van der Waals surface area contributed by atoms with Crippen LogP contribution in [0.2, 0.25) is 0 Å². The first kappa shape index (κ1) is 14.9. The Morgan fingerprint density at radius 1 is 1.50 bits per heavy atom. The number of nitro groups is 1. The fraction of sp³-hybridized carbons (Fsp3) is 0.538. The molecule has 2 N–H and O–H groups in total. The standard InChI is InChI=1S/C13H18N2O4S/c1-9-10(3-2-4-13(9)15(16)17)7-12(14)11-5-6-20(18,19)8-11/h2-4,11-12H,5-8,14H2,1H3. The Balaban J connectivity index is 2.14. The van der Waals surface area contributed by atoms with Gasteiger partial charge in [-0.3, -0.25) is 10.1 Å². The quantitative estimate of drug-likeness (QED) is 0.664. The Kier molecular flexibility index (Phi) is 4.10. The summed E-state index contributed by atoms with van der Waals surface area (Å²) in [6, 6.07) is 4.63. The number of nitro benzene ring substituents is 1. The van der Waals surface area contributed by atoms with Crippen LogP contribution < -0.4 is 5.73 Å². The van der Waals surface area contributed by atoms with E-state index in [0.717, 1.165) is 5.56 Å². The summed E-state index contributed by atoms with van der Waals surface area (Å²) in [5.41, 5.74) is 7.59. The highest BCUT2D eigenvalue weighted by Gasteiger charge is 2.32. The lowest BCUT2D eigenvalue weighted by Gasteiger charge is -2.18. The predicted molar refractivity (Wildman–Crippen MR) is 76.3 cm³/mol. The van der Waals surface area contributed by atoms with Crippen LogP contribution in [0.25, 0.3) is 0 Å². The van der Waals surface area contributed by atoms with Crippen molar-refractivity contribution in [3.8, 4) is 0 Å². The van der Waals surface area contributed by atoms with Crippen LogP contribution >= 0.6 is 0 Å². The lowest BCUT2D eigenvalue weighted by Crippen LogP contribution is -2.33. The summed E-state index contributed by atoms with van der Waals surface area (Å²) in [5, 5.41) is 10.9. The Labute approximate surface area is 118 Å². The molecule has 1 heterocycles. The molecule has 6 nitrogen and oxygen atoms in total. The van der Waals surface area contributed by atoms with Gasteiger partial charge in [0, 0.05) is 17.7 Å². The van der Waals surface area contributed by atoms with Crippen LogP contribution in [0.5, 0.6) is 0 Å². The normalized spacial score (nSPS) is 22.6. The number of hydrogen-bond acceptors (Lipinski definition) is 5. The smallest absolute Gasteiger partial charge is 0.272 e. The van der Waals surface area contributed by atoms with Crippen LogP contribution in [0.1, 0.15) is 17.5 Å². The van der Waals surface area contributed by atoms with Crippen molar-refractivity contribution >= 4 is 15.5 Å². The molecule has 2 rings (SSSR count). The molecule has 0 aliphatic carbocycles. The van der Waals surface area contributed by atoms with Crippen molar-refractivity contribution < 1.29 is 13.3 Å². The van der Waals surface area contributed by atoms with Crippen LogP contribution in [0.4, 0.5) is 5.69 Å². The zero-order chi connectivity index (χ0) is 14.9. The summed E-state index contributed by atoms with van der Waals surface area (Å²) in [4.78, 5) is 10.5. The number of benzene rings is 1. The third-order valence-electron chi connectivity index (χ3n) is 3.94. The van der Waals surface area contributed by atoms with Crippen LogP contribution in [-0.2, 0) is 16.3 Å². The minimum Gasteiger partial charge on any atom is -0.327 e. The summed E-state index contributed by atoms with van der Waals surface area (Å²) in [5.74, 6) is 0.264. The fourth-order valence-corrected chi connectivity index (χ4v) is 4.57. The molecule has 1 aliphatic rings. The van der Waals surface area contributed by atoms with E-state index < -0.39 is 14.8 Å². The highest BCUT2D eigenvalue weighted by Crippen LogP contribution is 2.26. The summed E-state index contributed by atoms with van der Waals surface area (Å²) < 4.78 is 22.9. The molecule has 0 saturated carbocycles. The molecule has 1 saturated heterocycles. The van der Waals surface area contributed by atoms with Crippen molar-refractivity contribution in [1.82, 2.24) is 0 Å². The Morgan fingerprint density at radius 3 is 2.75 bits per heavy atom. The van der Waals surface area contributed by atoms with E-state index >= 15 is 0 Å². The topological polar surface area (TPSA) is 103 Å². The van der Waals surface area contributed by atoms with Gasteiger partial charge in [-0.1, -0.05) is 12.1 Å². The summed E-state index contributed by atoms with van der Waals surface area (Å²) >= 11 is 0. The van der Waals surface area contributed by atoms with E-state index in [9.17, 15) is 18.5 Å². The van der Waals surface area contributed by atoms with Crippen molar-refractivity contribution in [3.05, 3.63) is 39.4 Å². The summed E-state index contributed by atoms with van der Waals surface area (Å²) in [6.07, 6.45) is 1.05. The first-order chi connectivity index (χ1) is 9.30. The van der Waals surface area contributed by atoms with Crippen LogP contribution in [-0.4, -0.2) is 30.9 Å². The second-order valence-corrected chi connectivity index (χ2v) is 7.58. The minimum atomic E-state index is -2.95. The molecule has 0 radical (unpaired) electrons. The molecule has 0 bridgehead atoms. The van der Waals surface area contributed by atoms with Gasteiger partial charge in [-0.25, -0.2) is 8.42 Å². The fourth-order valence-electron chi connectivity index (χ4n) is 2.67. The van der Waals surface area contributed by atoms with Crippen molar-refractivity contribution in [3.63, 3.8) is 0 Å². The molecule has 7 heteroatoms. The van der Waals surface area contributed by atoms with Gasteiger partial charge in [0.25, 0.3) is 5.69 Å². The Hall–Kier alpha value is -1.47.